The molecule has 4 aromatic rings. The lowest BCUT2D eigenvalue weighted by molar-refractivity contribution is -0.115. The molecule has 3 heterocycles. The number of nitrogens with one attached hydrogen (secondary N) is 1. The molecular formula is C21H23N7OS2. The van der Waals surface area contributed by atoms with E-state index in [9.17, 15) is 4.79 Å². The Hall–Kier alpha value is -2.85. The van der Waals surface area contributed by atoms with Crippen molar-refractivity contribution in [2.75, 3.05) is 5.32 Å². The summed E-state index contributed by atoms with van der Waals surface area (Å²) in [6, 6.07) is 8.01. The van der Waals surface area contributed by atoms with Crippen LogP contribution >= 0.6 is 23.1 Å². The number of aromatic nitrogens is 6. The van der Waals surface area contributed by atoms with Crippen LogP contribution in [0, 0.1) is 0 Å². The second-order valence-electron chi connectivity index (χ2n) is 6.94. The number of anilines is 1. The SMILES string of the molecule is C=CCn1c2ccccc2c2nnc(S[C@@H](CC)C(=O)Nc3nnc(CCC)s3)nc21. The van der Waals surface area contributed by atoms with Gasteiger partial charge < -0.3 is 4.57 Å². The molecule has 0 fully saturated rings. The number of hydrogen-bond acceptors (Lipinski definition) is 8. The molecule has 0 aliphatic heterocycles. The highest BCUT2D eigenvalue weighted by Gasteiger charge is 2.22. The molecule has 0 aliphatic rings. The molecule has 10 heteroatoms. The molecule has 1 N–H and O–H groups in total. The fraction of sp³-hybridized carbons (Fsp3) is 0.333. The topological polar surface area (TPSA) is 98.5 Å². The van der Waals surface area contributed by atoms with Gasteiger partial charge in [-0.05, 0) is 18.9 Å². The van der Waals surface area contributed by atoms with Crippen LogP contribution in [0.4, 0.5) is 5.13 Å². The summed E-state index contributed by atoms with van der Waals surface area (Å²) in [5, 5.41) is 22.3. The van der Waals surface area contributed by atoms with Crippen molar-refractivity contribution in [1.82, 2.24) is 29.9 Å². The Morgan fingerprint density at radius 1 is 1.26 bits per heavy atom. The van der Waals surface area contributed by atoms with E-state index in [-0.39, 0.29) is 11.2 Å². The Labute approximate surface area is 188 Å². The quantitative estimate of drug-likeness (QED) is 0.295. The summed E-state index contributed by atoms with van der Waals surface area (Å²) in [5.41, 5.74) is 2.52. The first-order chi connectivity index (χ1) is 15.1. The van der Waals surface area contributed by atoms with Gasteiger partial charge in [-0.15, -0.1) is 27.0 Å². The zero-order chi connectivity index (χ0) is 21.8. The number of hydrogen-bond donors (Lipinski definition) is 1. The molecule has 0 unspecified atom stereocenters. The normalized spacial score (nSPS) is 12.3. The number of nitrogens with zero attached hydrogens (tertiary/aromatic N) is 6. The number of benzene rings is 1. The summed E-state index contributed by atoms with van der Waals surface area (Å²) in [7, 11) is 0. The van der Waals surface area contributed by atoms with Gasteiger partial charge in [0.15, 0.2) is 5.65 Å². The molecule has 0 radical (unpaired) electrons. The van der Waals surface area contributed by atoms with Gasteiger partial charge in [0.05, 0.1) is 10.8 Å². The van der Waals surface area contributed by atoms with Gasteiger partial charge in [-0.1, -0.05) is 61.2 Å². The van der Waals surface area contributed by atoms with E-state index in [2.05, 4.69) is 43.8 Å². The van der Waals surface area contributed by atoms with Gasteiger partial charge in [0.2, 0.25) is 16.2 Å². The average Bonchev–Trinajstić information content (AvgIpc) is 3.35. The molecule has 0 saturated heterocycles. The number of carbonyl (C=O) groups is 1. The van der Waals surface area contributed by atoms with Gasteiger partial charge in [-0.3, -0.25) is 10.1 Å². The molecule has 0 spiro atoms. The van der Waals surface area contributed by atoms with Crippen molar-refractivity contribution in [2.24, 2.45) is 0 Å². The number of carbonyl (C=O) groups excluding carboxylic acids is 1. The van der Waals surface area contributed by atoms with Crippen LogP contribution < -0.4 is 5.32 Å². The Balaban J connectivity index is 1.58. The van der Waals surface area contributed by atoms with E-state index >= 15 is 0 Å². The maximum atomic E-state index is 12.8. The van der Waals surface area contributed by atoms with Gasteiger partial charge in [0.1, 0.15) is 10.5 Å². The van der Waals surface area contributed by atoms with Gasteiger partial charge >= 0.3 is 0 Å². The number of fused-ring (bicyclic) bond motifs is 3. The minimum Gasteiger partial charge on any atom is -0.320 e. The third-order valence-electron chi connectivity index (χ3n) is 4.74. The fourth-order valence-corrected chi connectivity index (χ4v) is 4.97. The summed E-state index contributed by atoms with van der Waals surface area (Å²) in [4.78, 5) is 17.5. The van der Waals surface area contributed by atoms with Gasteiger partial charge in [-0.2, -0.15) is 0 Å². The second kappa shape index (κ2) is 9.52. The summed E-state index contributed by atoms with van der Waals surface area (Å²) >= 11 is 2.72. The molecule has 3 aromatic heterocycles. The monoisotopic (exact) mass is 453 g/mol. The van der Waals surface area contributed by atoms with E-state index in [1.165, 1.54) is 23.1 Å². The van der Waals surface area contributed by atoms with Crippen LogP contribution in [-0.2, 0) is 17.8 Å². The number of thioether (sulfide) groups is 1. The minimum absolute atomic E-state index is 0.137. The van der Waals surface area contributed by atoms with E-state index in [1.54, 1.807) is 0 Å². The maximum absolute atomic E-state index is 12.8. The van der Waals surface area contributed by atoms with Gasteiger partial charge in [0.25, 0.3) is 0 Å². The van der Waals surface area contributed by atoms with Crippen molar-refractivity contribution in [3.8, 4) is 0 Å². The van der Waals surface area contributed by atoms with Gasteiger partial charge in [0, 0.05) is 18.4 Å². The second-order valence-corrected chi connectivity index (χ2v) is 9.17. The predicted molar refractivity (Wildman–Crippen MR) is 125 cm³/mol. The summed E-state index contributed by atoms with van der Waals surface area (Å²) in [5.74, 6) is -0.137. The standard InChI is InChI=1S/C21H23N7OS2/c1-4-9-16-24-26-21(31-16)23-19(29)15(6-3)30-20-22-18-17(25-27-20)13-10-7-8-11-14(13)28(18)12-5-2/h5,7-8,10-11,15H,2,4,6,9,12H2,1,3H3,(H,23,26,29)/t15-/m0/s1. The van der Waals surface area contributed by atoms with Crippen molar-refractivity contribution < 1.29 is 4.79 Å². The van der Waals surface area contributed by atoms with Crippen LogP contribution in [-0.4, -0.2) is 41.1 Å². The van der Waals surface area contributed by atoms with E-state index in [0.29, 0.717) is 23.3 Å². The van der Waals surface area contributed by atoms with Crippen LogP contribution in [0.15, 0.2) is 42.1 Å². The average molecular weight is 454 g/mol. The largest absolute Gasteiger partial charge is 0.320 e. The van der Waals surface area contributed by atoms with Crippen molar-refractivity contribution in [3.63, 3.8) is 0 Å². The molecule has 0 bridgehead atoms. The van der Waals surface area contributed by atoms with E-state index in [0.717, 1.165) is 39.9 Å². The van der Waals surface area contributed by atoms with E-state index in [4.69, 9.17) is 4.98 Å². The van der Waals surface area contributed by atoms with Gasteiger partial charge in [-0.25, -0.2) is 4.98 Å². The van der Waals surface area contributed by atoms with E-state index in [1.807, 2.05) is 37.3 Å². The minimum atomic E-state index is -0.366. The molecule has 1 atom stereocenters. The lowest BCUT2D eigenvalue weighted by Crippen LogP contribution is -2.24. The number of amides is 1. The van der Waals surface area contributed by atoms with E-state index < -0.39 is 0 Å². The first-order valence-electron chi connectivity index (χ1n) is 10.2. The molecule has 0 aliphatic carbocycles. The van der Waals surface area contributed by atoms with Crippen molar-refractivity contribution in [1.29, 1.82) is 0 Å². The molecular weight excluding hydrogens is 430 g/mol. The Kier molecular flexibility index (Phi) is 6.57. The molecule has 1 amide bonds. The first-order valence-corrected chi connectivity index (χ1v) is 11.9. The molecule has 0 saturated carbocycles. The molecule has 160 valence electrons. The predicted octanol–water partition coefficient (Wildman–Crippen LogP) is 4.48. The first kappa shape index (κ1) is 21.4. The zero-order valence-corrected chi connectivity index (χ0v) is 19.0. The van der Waals surface area contributed by atoms with Crippen molar-refractivity contribution in [2.45, 2.75) is 50.1 Å². The van der Waals surface area contributed by atoms with Crippen molar-refractivity contribution in [3.05, 3.63) is 41.9 Å². The third kappa shape index (κ3) is 4.45. The lowest BCUT2D eigenvalue weighted by Gasteiger charge is -2.12. The summed E-state index contributed by atoms with van der Waals surface area (Å²) < 4.78 is 2.06. The van der Waals surface area contributed by atoms with Crippen molar-refractivity contribution >= 4 is 56.2 Å². The molecule has 31 heavy (non-hydrogen) atoms. The number of para-hydroxylation sites is 1. The lowest BCUT2D eigenvalue weighted by atomic mass is 10.2. The highest BCUT2D eigenvalue weighted by Crippen LogP contribution is 2.29. The van der Waals surface area contributed by atoms with Crippen LogP contribution in [0.3, 0.4) is 0 Å². The number of aryl methyl sites for hydroxylation is 1. The summed E-state index contributed by atoms with van der Waals surface area (Å²) in [6.07, 6.45) is 4.30. The van der Waals surface area contributed by atoms with Crippen LogP contribution in [0.25, 0.3) is 22.1 Å². The highest BCUT2D eigenvalue weighted by molar-refractivity contribution is 8.00. The molecule has 4 rings (SSSR count). The molecule has 8 nitrogen and oxygen atoms in total. The Bertz CT molecular complexity index is 1230. The number of allylic oxidation sites excluding steroid dienone is 1. The summed E-state index contributed by atoms with van der Waals surface area (Å²) in [6.45, 7) is 8.51. The highest BCUT2D eigenvalue weighted by atomic mass is 32.2. The van der Waals surface area contributed by atoms with Crippen LogP contribution in [0.2, 0.25) is 0 Å². The maximum Gasteiger partial charge on any atom is 0.239 e. The fourth-order valence-electron chi connectivity index (χ4n) is 3.31. The third-order valence-corrected chi connectivity index (χ3v) is 6.85. The number of rotatable bonds is 9. The Morgan fingerprint density at radius 3 is 2.87 bits per heavy atom. The van der Waals surface area contributed by atoms with Crippen LogP contribution in [0.1, 0.15) is 31.7 Å². The smallest absolute Gasteiger partial charge is 0.239 e. The molecule has 1 aromatic carbocycles. The Morgan fingerprint density at radius 2 is 2.10 bits per heavy atom. The zero-order valence-electron chi connectivity index (χ0n) is 17.4. The van der Waals surface area contributed by atoms with Crippen LogP contribution in [0.5, 0.6) is 0 Å².